The van der Waals surface area contributed by atoms with Crippen LogP contribution in [-0.4, -0.2) is 55.6 Å². The molecule has 4 N–H and O–H groups in total. The van der Waals surface area contributed by atoms with E-state index in [0.717, 1.165) is 19.5 Å². The summed E-state index contributed by atoms with van der Waals surface area (Å²) in [6, 6.07) is 3.43. The lowest BCUT2D eigenvalue weighted by atomic mass is 10.1. The van der Waals surface area contributed by atoms with Crippen molar-refractivity contribution in [3.05, 3.63) is 24.0 Å². The molecule has 1 unspecified atom stereocenters. The van der Waals surface area contributed by atoms with Gasteiger partial charge in [0.1, 0.15) is 5.82 Å². The normalized spacial score (nSPS) is 16.1. The molecule has 1 atom stereocenters. The fourth-order valence-electron chi connectivity index (χ4n) is 2.67. The van der Waals surface area contributed by atoms with Gasteiger partial charge in [-0.25, -0.2) is 4.39 Å². The number of ether oxygens (including phenoxy) is 1. The zero-order chi connectivity index (χ0) is 18.9. The predicted molar refractivity (Wildman–Crippen MR) is 98.4 cm³/mol. The van der Waals surface area contributed by atoms with Crippen LogP contribution in [0.3, 0.4) is 0 Å². The van der Waals surface area contributed by atoms with E-state index in [9.17, 15) is 14.0 Å². The lowest BCUT2D eigenvalue weighted by molar-refractivity contribution is -0.118. The van der Waals surface area contributed by atoms with Crippen molar-refractivity contribution in [2.75, 3.05) is 43.5 Å². The van der Waals surface area contributed by atoms with Gasteiger partial charge >= 0.3 is 0 Å². The van der Waals surface area contributed by atoms with E-state index in [4.69, 9.17) is 10.5 Å². The molecule has 1 aliphatic rings. The first-order valence-electron chi connectivity index (χ1n) is 8.95. The van der Waals surface area contributed by atoms with Crippen molar-refractivity contribution in [1.82, 2.24) is 4.90 Å². The van der Waals surface area contributed by atoms with Gasteiger partial charge in [-0.2, -0.15) is 0 Å². The van der Waals surface area contributed by atoms with Crippen molar-refractivity contribution in [1.29, 1.82) is 0 Å². The fourth-order valence-corrected chi connectivity index (χ4v) is 2.67. The maximum atomic E-state index is 14.0. The van der Waals surface area contributed by atoms with Gasteiger partial charge in [-0.3, -0.25) is 14.5 Å². The number of nitrogens with one attached hydrogen (secondary N) is 2. The largest absolute Gasteiger partial charge is 0.379 e. The Hall–Kier alpha value is -2.03. The number of anilines is 2. The Balaban J connectivity index is 1.89. The molecule has 26 heavy (non-hydrogen) atoms. The number of halogens is 1. The van der Waals surface area contributed by atoms with Crippen LogP contribution < -0.4 is 16.4 Å². The van der Waals surface area contributed by atoms with Crippen LogP contribution in [0.2, 0.25) is 0 Å². The lowest BCUT2D eigenvalue weighted by Gasteiger charge is -2.26. The molecule has 2 amide bonds. The molecule has 1 aromatic carbocycles. The molecule has 2 rings (SSSR count). The molecule has 8 heteroatoms. The summed E-state index contributed by atoms with van der Waals surface area (Å²) in [4.78, 5) is 26.2. The Morgan fingerprint density at radius 3 is 2.73 bits per heavy atom. The van der Waals surface area contributed by atoms with E-state index in [1.807, 2.05) is 6.92 Å². The topological polar surface area (TPSA) is 96.7 Å². The molecule has 1 aromatic rings. The minimum absolute atomic E-state index is 0.0406. The molecule has 1 fully saturated rings. The third kappa shape index (κ3) is 6.36. The first kappa shape index (κ1) is 20.3. The SMILES string of the molecule is CCCC(N)C(=O)Nc1ccc(F)c(NC(=O)CCN2CCOCC2)c1. The number of carbonyl (C=O) groups is 2. The zero-order valence-electron chi connectivity index (χ0n) is 15.1. The Morgan fingerprint density at radius 1 is 1.31 bits per heavy atom. The first-order chi connectivity index (χ1) is 12.5. The van der Waals surface area contributed by atoms with E-state index in [1.165, 1.54) is 18.2 Å². The second kappa shape index (κ2) is 10.2. The highest BCUT2D eigenvalue weighted by Crippen LogP contribution is 2.20. The molecule has 0 saturated carbocycles. The highest BCUT2D eigenvalue weighted by atomic mass is 19.1. The van der Waals surface area contributed by atoms with Crippen molar-refractivity contribution in [2.45, 2.75) is 32.2 Å². The molecule has 0 spiro atoms. The van der Waals surface area contributed by atoms with E-state index in [0.29, 0.717) is 31.9 Å². The van der Waals surface area contributed by atoms with Gasteiger partial charge in [0, 0.05) is 31.7 Å². The quantitative estimate of drug-likeness (QED) is 0.649. The summed E-state index contributed by atoms with van der Waals surface area (Å²) in [5.41, 5.74) is 6.20. The van der Waals surface area contributed by atoms with Gasteiger partial charge in [-0.15, -0.1) is 0 Å². The number of amides is 2. The van der Waals surface area contributed by atoms with Crippen molar-refractivity contribution >= 4 is 23.2 Å². The number of nitrogens with zero attached hydrogens (tertiary/aromatic N) is 1. The molecule has 1 saturated heterocycles. The van der Waals surface area contributed by atoms with Gasteiger partial charge in [0.15, 0.2) is 0 Å². The fraction of sp³-hybridized carbons (Fsp3) is 0.556. The van der Waals surface area contributed by atoms with Crippen LogP contribution in [-0.2, 0) is 14.3 Å². The number of hydrogen-bond donors (Lipinski definition) is 3. The summed E-state index contributed by atoms with van der Waals surface area (Å²) in [7, 11) is 0. The maximum Gasteiger partial charge on any atom is 0.241 e. The summed E-state index contributed by atoms with van der Waals surface area (Å²) in [6.07, 6.45) is 1.62. The third-order valence-electron chi connectivity index (χ3n) is 4.20. The number of benzene rings is 1. The van der Waals surface area contributed by atoms with E-state index in [1.54, 1.807) is 0 Å². The van der Waals surface area contributed by atoms with Crippen LogP contribution in [0.5, 0.6) is 0 Å². The number of hydrogen-bond acceptors (Lipinski definition) is 5. The van der Waals surface area contributed by atoms with E-state index >= 15 is 0 Å². The molecule has 1 aliphatic heterocycles. The highest BCUT2D eigenvalue weighted by molar-refractivity contribution is 5.96. The van der Waals surface area contributed by atoms with Crippen molar-refractivity contribution in [3.8, 4) is 0 Å². The zero-order valence-corrected chi connectivity index (χ0v) is 15.1. The molecule has 0 radical (unpaired) electrons. The predicted octanol–water partition coefficient (Wildman–Crippen LogP) is 1.55. The smallest absolute Gasteiger partial charge is 0.241 e. The van der Waals surface area contributed by atoms with Crippen LogP contribution in [0.25, 0.3) is 0 Å². The van der Waals surface area contributed by atoms with Gasteiger partial charge in [0.25, 0.3) is 0 Å². The highest BCUT2D eigenvalue weighted by Gasteiger charge is 2.15. The average molecular weight is 366 g/mol. The number of morpholine rings is 1. The second-order valence-electron chi connectivity index (χ2n) is 6.33. The van der Waals surface area contributed by atoms with E-state index < -0.39 is 11.9 Å². The van der Waals surface area contributed by atoms with E-state index in [2.05, 4.69) is 15.5 Å². The van der Waals surface area contributed by atoms with Crippen molar-refractivity contribution < 1.29 is 18.7 Å². The number of nitrogens with two attached hydrogens (primary N) is 1. The molecule has 0 aliphatic carbocycles. The van der Waals surface area contributed by atoms with Crippen LogP contribution in [0, 0.1) is 5.82 Å². The van der Waals surface area contributed by atoms with Crippen LogP contribution >= 0.6 is 0 Å². The van der Waals surface area contributed by atoms with Gasteiger partial charge in [0.2, 0.25) is 11.8 Å². The molecular formula is C18H27FN4O3. The monoisotopic (exact) mass is 366 g/mol. The van der Waals surface area contributed by atoms with Gasteiger partial charge in [0.05, 0.1) is 24.9 Å². The summed E-state index contributed by atoms with van der Waals surface area (Å²) in [5, 5.41) is 5.21. The summed E-state index contributed by atoms with van der Waals surface area (Å²) >= 11 is 0. The molecule has 144 valence electrons. The van der Waals surface area contributed by atoms with Crippen molar-refractivity contribution in [2.24, 2.45) is 5.73 Å². The Kier molecular flexibility index (Phi) is 7.96. The number of carbonyl (C=O) groups excluding carboxylic acids is 2. The average Bonchev–Trinajstić information content (AvgIpc) is 2.64. The third-order valence-corrected chi connectivity index (χ3v) is 4.20. The molecule has 0 bridgehead atoms. The summed E-state index contributed by atoms with van der Waals surface area (Å²) < 4.78 is 19.2. The van der Waals surface area contributed by atoms with Crippen LogP contribution in [0.1, 0.15) is 26.2 Å². The Morgan fingerprint density at radius 2 is 2.04 bits per heavy atom. The van der Waals surface area contributed by atoms with Crippen molar-refractivity contribution in [3.63, 3.8) is 0 Å². The lowest BCUT2D eigenvalue weighted by Crippen LogP contribution is -2.38. The first-order valence-corrected chi connectivity index (χ1v) is 8.95. The Bertz CT molecular complexity index is 620. The maximum absolute atomic E-state index is 14.0. The van der Waals surface area contributed by atoms with Gasteiger partial charge < -0.3 is 21.1 Å². The van der Waals surface area contributed by atoms with Crippen LogP contribution in [0.4, 0.5) is 15.8 Å². The molecular weight excluding hydrogens is 339 g/mol. The molecule has 0 aromatic heterocycles. The van der Waals surface area contributed by atoms with E-state index in [-0.39, 0.29) is 23.9 Å². The minimum Gasteiger partial charge on any atom is -0.379 e. The summed E-state index contributed by atoms with van der Waals surface area (Å²) in [6.45, 7) is 5.45. The Labute approximate surface area is 153 Å². The second-order valence-corrected chi connectivity index (χ2v) is 6.33. The van der Waals surface area contributed by atoms with Gasteiger partial charge in [-0.1, -0.05) is 13.3 Å². The summed E-state index contributed by atoms with van der Waals surface area (Å²) in [5.74, 6) is -1.16. The molecule has 1 heterocycles. The standard InChI is InChI=1S/C18H27FN4O3/c1-2-3-15(20)18(25)21-13-4-5-14(19)16(12-13)22-17(24)6-7-23-8-10-26-11-9-23/h4-5,12,15H,2-3,6-11,20H2,1H3,(H,21,25)(H,22,24). The van der Waals surface area contributed by atoms with Crippen LogP contribution in [0.15, 0.2) is 18.2 Å². The number of rotatable bonds is 8. The molecule has 7 nitrogen and oxygen atoms in total. The van der Waals surface area contributed by atoms with Gasteiger partial charge in [-0.05, 0) is 24.6 Å². The minimum atomic E-state index is -0.614.